The molecule has 1 aromatic carbocycles. The van der Waals surface area contributed by atoms with Crippen molar-refractivity contribution in [1.29, 1.82) is 0 Å². The number of likely N-dealkylation sites (N-methyl/N-ethyl adjacent to an activating group) is 1. The van der Waals surface area contributed by atoms with E-state index in [0.29, 0.717) is 72.1 Å². The number of benzene rings is 1. The van der Waals surface area contributed by atoms with Gasteiger partial charge in [-0.05, 0) is 44.3 Å². The van der Waals surface area contributed by atoms with Crippen LogP contribution in [0.25, 0.3) is 0 Å². The minimum absolute atomic E-state index is 0. The molecule has 16 heteroatoms. The molecule has 0 heterocycles. The van der Waals surface area contributed by atoms with Crippen molar-refractivity contribution in [1.82, 2.24) is 16.0 Å². The van der Waals surface area contributed by atoms with E-state index in [2.05, 4.69) is 20.8 Å². The zero-order valence-corrected chi connectivity index (χ0v) is 37.7. The van der Waals surface area contributed by atoms with Crippen LogP contribution in [0.15, 0.2) is 30.3 Å². The molecule has 54 heavy (non-hydrogen) atoms. The SMILES string of the molecule is CC.CC.CCC=O.CNCCOCCOCCOCCOCCC(=O)NC(C(=O)NC(CCCCN)C(N)=O)C(C)C.OOCc1ccccc1.[CH3-].[Y]. The molecule has 0 saturated heterocycles. The maximum atomic E-state index is 12.6. The topological polar surface area (TPSA) is 223 Å². The summed E-state index contributed by atoms with van der Waals surface area (Å²) in [5.74, 6) is -1.54. The Labute approximate surface area is 352 Å². The number of primary amides is 1. The second-order valence-electron chi connectivity index (χ2n) is 10.7. The van der Waals surface area contributed by atoms with Crippen molar-refractivity contribution in [2.45, 2.75) is 99.3 Å². The van der Waals surface area contributed by atoms with Crippen molar-refractivity contribution in [2.75, 3.05) is 73.0 Å². The first-order valence-electron chi connectivity index (χ1n) is 18.5. The summed E-state index contributed by atoms with van der Waals surface area (Å²) in [5.41, 5.74) is 11.8. The Morgan fingerprint density at radius 3 is 1.72 bits per heavy atom. The third kappa shape index (κ3) is 46.2. The number of carbonyl (C=O) groups is 4. The third-order valence-electron chi connectivity index (χ3n) is 6.20. The molecule has 15 nitrogen and oxygen atoms in total. The first-order chi connectivity index (χ1) is 25.2. The quantitative estimate of drug-likeness (QED) is 0.0246. The van der Waals surface area contributed by atoms with Crippen LogP contribution in [0.1, 0.15) is 86.1 Å². The fourth-order valence-electron chi connectivity index (χ4n) is 3.57. The molecule has 1 aromatic rings. The van der Waals surface area contributed by atoms with E-state index < -0.39 is 23.9 Å². The molecule has 0 spiro atoms. The first kappa shape index (κ1) is 64.0. The number of nitrogens with two attached hydrogens (primary N) is 2. The molecule has 8 N–H and O–H groups in total. The van der Waals surface area contributed by atoms with Gasteiger partial charge in [-0.25, -0.2) is 4.89 Å². The van der Waals surface area contributed by atoms with E-state index in [1.165, 1.54) is 0 Å². The van der Waals surface area contributed by atoms with Gasteiger partial charge >= 0.3 is 0 Å². The van der Waals surface area contributed by atoms with Crippen LogP contribution in [0.5, 0.6) is 0 Å². The van der Waals surface area contributed by atoms with Gasteiger partial charge in [0.2, 0.25) is 17.7 Å². The number of hydrogen-bond acceptors (Lipinski definition) is 12. The summed E-state index contributed by atoms with van der Waals surface area (Å²) >= 11 is 0. The van der Waals surface area contributed by atoms with E-state index in [4.69, 9.17) is 35.7 Å². The Morgan fingerprint density at radius 1 is 0.833 bits per heavy atom. The third-order valence-corrected chi connectivity index (χ3v) is 6.20. The molecule has 2 atom stereocenters. The fourth-order valence-corrected chi connectivity index (χ4v) is 3.57. The Morgan fingerprint density at radius 2 is 1.31 bits per heavy atom. The molecule has 0 saturated carbocycles. The number of rotatable bonds is 27. The van der Waals surface area contributed by atoms with Crippen LogP contribution in [0.3, 0.4) is 0 Å². The summed E-state index contributed by atoms with van der Waals surface area (Å²) in [6.07, 6.45) is 3.42. The van der Waals surface area contributed by atoms with Crippen LogP contribution < -0.4 is 27.4 Å². The van der Waals surface area contributed by atoms with Crippen molar-refractivity contribution in [2.24, 2.45) is 17.4 Å². The number of hydrogen-bond donors (Lipinski definition) is 6. The molecule has 3 amide bonds. The van der Waals surface area contributed by atoms with Gasteiger partial charge < -0.3 is 58.6 Å². The molecule has 1 rings (SSSR count). The number of nitrogens with one attached hydrogen (secondary N) is 3. The zero-order chi connectivity index (χ0) is 40.3. The van der Waals surface area contributed by atoms with Gasteiger partial charge in [0.15, 0.2) is 0 Å². The standard InChI is InChI=1S/C23H47N5O7.C7H8O2.C3H6O.2C2H6.CH3.Y/c1-18(2)21(23(31)27-19(22(25)30)6-4-5-8-24)28-20(29)7-10-32-12-14-34-16-17-35-15-13-33-11-9-26-3;8-9-6-7-4-2-1-3-5-7;1-2-3-4;2*1-2;;/h18-19,21,26H,4-17,24H2,1-3H3,(H2,25,30)(H,27,31)(H,28,29);1-5,8H,6H2;3H,2H2,1H3;2*1-2H3;1H3;/q;;;;;-1;. The van der Waals surface area contributed by atoms with Crippen molar-refractivity contribution in [3.63, 3.8) is 0 Å². The summed E-state index contributed by atoms with van der Waals surface area (Å²) < 4.78 is 21.5. The minimum atomic E-state index is -0.794. The van der Waals surface area contributed by atoms with Crippen LogP contribution in [0, 0.1) is 13.3 Å². The molecular formula is C38H76N5O10Y-. The zero-order valence-electron chi connectivity index (χ0n) is 34.9. The Kier molecular flexibility index (Phi) is 63.0. The maximum absolute atomic E-state index is 12.6. The second-order valence-corrected chi connectivity index (χ2v) is 10.7. The summed E-state index contributed by atoms with van der Waals surface area (Å²) in [5, 5.41) is 16.4. The van der Waals surface area contributed by atoms with E-state index >= 15 is 0 Å². The second kappa shape index (κ2) is 53.2. The first-order valence-corrected chi connectivity index (χ1v) is 18.5. The molecule has 2 unspecified atom stereocenters. The van der Waals surface area contributed by atoms with E-state index in [0.717, 1.165) is 24.8 Å². The van der Waals surface area contributed by atoms with Gasteiger partial charge in [0.05, 0.1) is 52.9 Å². The predicted octanol–water partition coefficient (Wildman–Crippen LogP) is 3.67. The van der Waals surface area contributed by atoms with Gasteiger partial charge in [-0.2, -0.15) is 0 Å². The number of aldehydes is 1. The predicted molar refractivity (Wildman–Crippen MR) is 212 cm³/mol. The molecule has 0 bridgehead atoms. The summed E-state index contributed by atoms with van der Waals surface area (Å²) in [7, 11) is 1.87. The Balaban J connectivity index is -0.000000251. The average molecular weight is 852 g/mol. The number of amides is 3. The molecule has 0 aliphatic carbocycles. The molecule has 0 aliphatic rings. The number of carbonyl (C=O) groups excluding carboxylic acids is 4. The fraction of sp³-hybridized carbons (Fsp3) is 0.711. The van der Waals surface area contributed by atoms with Gasteiger partial charge in [-0.15, -0.1) is 0 Å². The maximum Gasteiger partial charge on any atom is 0.243 e. The molecule has 0 aromatic heterocycles. The van der Waals surface area contributed by atoms with Crippen molar-refractivity contribution < 1.29 is 81.0 Å². The summed E-state index contributed by atoms with van der Waals surface area (Å²) in [6, 6.07) is 7.91. The van der Waals surface area contributed by atoms with Gasteiger partial charge in [0.25, 0.3) is 0 Å². The molecule has 317 valence electrons. The summed E-state index contributed by atoms with van der Waals surface area (Å²) in [4.78, 5) is 49.7. The van der Waals surface area contributed by atoms with Gasteiger partial charge in [0.1, 0.15) is 25.0 Å². The number of unbranched alkanes of at least 4 members (excludes halogenated alkanes) is 1. The van der Waals surface area contributed by atoms with Crippen molar-refractivity contribution >= 4 is 24.0 Å². The molecule has 0 aliphatic heterocycles. The van der Waals surface area contributed by atoms with Crippen LogP contribution in [-0.4, -0.2) is 114 Å². The van der Waals surface area contributed by atoms with E-state index in [-0.39, 0.29) is 71.6 Å². The van der Waals surface area contributed by atoms with Gasteiger partial charge in [-0.3, -0.25) is 19.6 Å². The smallest absolute Gasteiger partial charge is 0.243 e. The van der Waals surface area contributed by atoms with E-state index in [9.17, 15) is 19.2 Å². The van der Waals surface area contributed by atoms with Crippen LogP contribution in [0.4, 0.5) is 0 Å². The van der Waals surface area contributed by atoms with Crippen molar-refractivity contribution in [3.8, 4) is 0 Å². The van der Waals surface area contributed by atoms with E-state index in [1.54, 1.807) is 0 Å². The van der Waals surface area contributed by atoms with Crippen LogP contribution >= 0.6 is 0 Å². The Hall–Kier alpha value is -1.92. The van der Waals surface area contributed by atoms with Crippen LogP contribution in [-0.2, 0) is 82.3 Å². The monoisotopic (exact) mass is 851 g/mol. The normalized spacial score (nSPS) is 10.6. The van der Waals surface area contributed by atoms with Gasteiger partial charge in [0, 0.05) is 52.1 Å². The molecular weight excluding hydrogens is 775 g/mol. The average Bonchev–Trinajstić information content (AvgIpc) is 3.16. The van der Waals surface area contributed by atoms with E-state index in [1.807, 2.05) is 85.8 Å². The van der Waals surface area contributed by atoms with Crippen LogP contribution in [0.2, 0.25) is 0 Å². The van der Waals surface area contributed by atoms with Crippen molar-refractivity contribution in [3.05, 3.63) is 43.3 Å². The summed E-state index contributed by atoms with van der Waals surface area (Å²) in [6.45, 7) is 18.6. The van der Waals surface area contributed by atoms with Gasteiger partial charge in [-0.1, -0.05) is 78.8 Å². The molecule has 0 fully saturated rings. The Bertz CT molecular complexity index is 922. The molecule has 1 radical (unpaired) electrons. The minimum Gasteiger partial charge on any atom is -0.379 e. The largest absolute Gasteiger partial charge is 0.379 e. The number of ether oxygens (including phenoxy) is 4.